The average Bonchev–Trinajstić information content (AvgIpc) is 2.63. The van der Waals surface area contributed by atoms with Crippen molar-refractivity contribution in [1.82, 2.24) is 9.97 Å². The molecule has 0 fully saturated rings. The van der Waals surface area contributed by atoms with E-state index >= 15 is 0 Å². The number of nitrogens with one attached hydrogen (secondary N) is 1. The Hall–Kier alpha value is -1.36. The van der Waals surface area contributed by atoms with Crippen LogP contribution in [-0.4, -0.2) is 9.97 Å². The highest BCUT2D eigenvalue weighted by molar-refractivity contribution is 9.10. The second-order valence-electron chi connectivity index (χ2n) is 3.94. The van der Waals surface area contributed by atoms with Crippen LogP contribution in [0, 0.1) is 13.8 Å². The number of rotatable bonds is 3. The van der Waals surface area contributed by atoms with Crippen LogP contribution in [0.15, 0.2) is 27.2 Å². The molecule has 0 aliphatic carbocycles. The van der Waals surface area contributed by atoms with Gasteiger partial charge in [-0.15, -0.1) is 0 Å². The summed E-state index contributed by atoms with van der Waals surface area (Å²) in [5, 5.41) is 3.28. The Kier molecular flexibility index (Phi) is 3.47. The molecular weight excluding hydrogens is 282 g/mol. The first kappa shape index (κ1) is 12.1. The van der Waals surface area contributed by atoms with Gasteiger partial charge in [0.1, 0.15) is 27.8 Å². The van der Waals surface area contributed by atoms with Gasteiger partial charge in [-0.25, -0.2) is 9.97 Å². The largest absolute Gasteiger partial charge is 0.464 e. The van der Waals surface area contributed by atoms with E-state index in [9.17, 15) is 0 Å². The van der Waals surface area contributed by atoms with Gasteiger partial charge in [0.15, 0.2) is 0 Å². The van der Waals surface area contributed by atoms with E-state index in [0.29, 0.717) is 0 Å². The molecule has 0 saturated carbocycles. The summed E-state index contributed by atoms with van der Waals surface area (Å²) in [6.45, 7) is 5.82. The normalized spacial score (nSPS) is 12.5. The summed E-state index contributed by atoms with van der Waals surface area (Å²) >= 11 is 3.35. The minimum atomic E-state index is 0.0740. The van der Waals surface area contributed by atoms with Crippen molar-refractivity contribution in [3.8, 4) is 0 Å². The molecule has 0 bridgehead atoms. The predicted molar refractivity (Wildman–Crippen MR) is 70.0 cm³/mol. The number of hydrogen-bond donors (Lipinski definition) is 1. The molecule has 2 rings (SSSR count). The number of hydrogen-bond acceptors (Lipinski definition) is 4. The lowest BCUT2D eigenvalue weighted by atomic mass is 10.2. The van der Waals surface area contributed by atoms with Crippen molar-refractivity contribution >= 4 is 21.7 Å². The number of halogens is 1. The standard InChI is InChI=1S/C12H14BrN3O/c1-7-4-5-10(17-7)8(2)14-12-6-11(13)15-9(3)16-12/h4-6,8H,1-3H3,(H,14,15,16). The third kappa shape index (κ3) is 3.06. The van der Waals surface area contributed by atoms with Crippen molar-refractivity contribution < 1.29 is 4.42 Å². The topological polar surface area (TPSA) is 51.0 Å². The third-order valence-electron chi connectivity index (χ3n) is 2.36. The van der Waals surface area contributed by atoms with E-state index in [-0.39, 0.29) is 6.04 Å². The van der Waals surface area contributed by atoms with Crippen LogP contribution in [0.2, 0.25) is 0 Å². The quantitative estimate of drug-likeness (QED) is 0.879. The summed E-state index contributed by atoms with van der Waals surface area (Å²) in [6, 6.07) is 5.84. The molecule has 2 aromatic rings. The Balaban J connectivity index is 2.15. The number of aryl methyl sites for hydroxylation is 2. The van der Waals surface area contributed by atoms with Gasteiger partial charge < -0.3 is 9.73 Å². The fourth-order valence-corrected chi connectivity index (χ4v) is 2.06. The van der Waals surface area contributed by atoms with Gasteiger partial charge in [0.25, 0.3) is 0 Å². The second-order valence-corrected chi connectivity index (χ2v) is 4.75. The van der Waals surface area contributed by atoms with Crippen LogP contribution >= 0.6 is 15.9 Å². The van der Waals surface area contributed by atoms with Crippen molar-refractivity contribution in [1.29, 1.82) is 0 Å². The fourth-order valence-electron chi connectivity index (χ4n) is 1.58. The Bertz CT molecular complexity index is 504. The molecule has 0 aliphatic rings. The maximum absolute atomic E-state index is 5.56. The van der Waals surface area contributed by atoms with Gasteiger partial charge in [-0.2, -0.15) is 0 Å². The zero-order valence-electron chi connectivity index (χ0n) is 9.99. The van der Waals surface area contributed by atoms with Crippen molar-refractivity contribution in [3.05, 3.63) is 40.1 Å². The highest BCUT2D eigenvalue weighted by Crippen LogP contribution is 2.21. The zero-order chi connectivity index (χ0) is 12.4. The monoisotopic (exact) mass is 295 g/mol. The molecule has 0 saturated heterocycles. The molecule has 0 aliphatic heterocycles. The van der Waals surface area contributed by atoms with Gasteiger partial charge in [0.05, 0.1) is 6.04 Å². The zero-order valence-corrected chi connectivity index (χ0v) is 11.6. The lowest BCUT2D eigenvalue weighted by Gasteiger charge is -2.12. The van der Waals surface area contributed by atoms with E-state index in [2.05, 4.69) is 31.2 Å². The maximum Gasteiger partial charge on any atom is 0.131 e. The van der Waals surface area contributed by atoms with Gasteiger partial charge in [-0.05, 0) is 48.8 Å². The van der Waals surface area contributed by atoms with E-state index < -0.39 is 0 Å². The Morgan fingerprint density at radius 1 is 1.29 bits per heavy atom. The van der Waals surface area contributed by atoms with Crippen LogP contribution in [0.5, 0.6) is 0 Å². The highest BCUT2D eigenvalue weighted by atomic mass is 79.9. The lowest BCUT2D eigenvalue weighted by molar-refractivity contribution is 0.466. The number of aromatic nitrogens is 2. The molecule has 1 N–H and O–H groups in total. The molecule has 5 heteroatoms. The molecule has 0 radical (unpaired) electrons. The van der Waals surface area contributed by atoms with E-state index in [1.54, 1.807) is 0 Å². The highest BCUT2D eigenvalue weighted by Gasteiger charge is 2.10. The number of nitrogens with zero attached hydrogens (tertiary/aromatic N) is 2. The summed E-state index contributed by atoms with van der Waals surface area (Å²) < 4.78 is 6.33. The first-order chi connectivity index (χ1) is 8.04. The van der Waals surface area contributed by atoms with Gasteiger partial charge in [0.2, 0.25) is 0 Å². The van der Waals surface area contributed by atoms with Gasteiger partial charge in [-0.1, -0.05) is 0 Å². The Morgan fingerprint density at radius 2 is 2.06 bits per heavy atom. The van der Waals surface area contributed by atoms with Gasteiger partial charge in [0, 0.05) is 6.07 Å². The first-order valence-corrected chi connectivity index (χ1v) is 6.18. The molecule has 2 aromatic heterocycles. The number of anilines is 1. The summed E-state index contributed by atoms with van der Waals surface area (Å²) in [5.74, 6) is 3.32. The van der Waals surface area contributed by atoms with E-state index in [1.807, 2.05) is 39.0 Å². The van der Waals surface area contributed by atoms with Crippen LogP contribution in [-0.2, 0) is 0 Å². The second kappa shape index (κ2) is 4.87. The summed E-state index contributed by atoms with van der Waals surface area (Å²) in [6.07, 6.45) is 0. The molecule has 1 atom stereocenters. The van der Waals surface area contributed by atoms with Crippen LogP contribution in [0.1, 0.15) is 30.3 Å². The summed E-state index contributed by atoms with van der Waals surface area (Å²) in [4.78, 5) is 8.47. The van der Waals surface area contributed by atoms with E-state index in [0.717, 1.165) is 27.8 Å². The first-order valence-electron chi connectivity index (χ1n) is 5.38. The van der Waals surface area contributed by atoms with E-state index in [1.165, 1.54) is 0 Å². The SMILES string of the molecule is Cc1nc(Br)cc(NC(C)c2ccc(C)o2)n1. The maximum atomic E-state index is 5.56. The molecule has 17 heavy (non-hydrogen) atoms. The summed E-state index contributed by atoms with van der Waals surface area (Å²) in [7, 11) is 0. The molecule has 1 unspecified atom stereocenters. The van der Waals surface area contributed by atoms with Crippen molar-refractivity contribution in [3.63, 3.8) is 0 Å². The molecule has 0 amide bonds. The molecular formula is C12H14BrN3O. The van der Waals surface area contributed by atoms with Crippen molar-refractivity contribution in [2.45, 2.75) is 26.8 Å². The van der Waals surface area contributed by atoms with Gasteiger partial charge >= 0.3 is 0 Å². The molecule has 2 heterocycles. The Labute approximate surface area is 109 Å². The lowest BCUT2D eigenvalue weighted by Crippen LogP contribution is -2.08. The molecule has 0 aromatic carbocycles. The van der Waals surface area contributed by atoms with Crippen LogP contribution < -0.4 is 5.32 Å². The van der Waals surface area contributed by atoms with Crippen LogP contribution in [0.3, 0.4) is 0 Å². The van der Waals surface area contributed by atoms with E-state index in [4.69, 9.17) is 4.42 Å². The molecule has 90 valence electrons. The molecule has 4 nitrogen and oxygen atoms in total. The van der Waals surface area contributed by atoms with Crippen molar-refractivity contribution in [2.24, 2.45) is 0 Å². The molecule has 0 spiro atoms. The smallest absolute Gasteiger partial charge is 0.131 e. The van der Waals surface area contributed by atoms with Crippen LogP contribution in [0.25, 0.3) is 0 Å². The minimum absolute atomic E-state index is 0.0740. The Morgan fingerprint density at radius 3 is 2.65 bits per heavy atom. The van der Waals surface area contributed by atoms with Crippen molar-refractivity contribution in [2.75, 3.05) is 5.32 Å². The van der Waals surface area contributed by atoms with Crippen LogP contribution in [0.4, 0.5) is 5.82 Å². The summed E-state index contributed by atoms with van der Waals surface area (Å²) in [5.41, 5.74) is 0. The minimum Gasteiger partial charge on any atom is -0.464 e. The fraction of sp³-hybridized carbons (Fsp3) is 0.333. The predicted octanol–water partition coefficient (Wildman–Crippen LogP) is 3.62. The van der Waals surface area contributed by atoms with Gasteiger partial charge in [-0.3, -0.25) is 0 Å². The average molecular weight is 296 g/mol. The third-order valence-corrected chi connectivity index (χ3v) is 2.77. The number of furan rings is 1.